The van der Waals surface area contributed by atoms with E-state index in [1.54, 1.807) is 0 Å². The molecule has 0 spiro atoms. The van der Waals surface area contributed by atoms with Crippen molar-refractivity contribution < 1.29 is 9.47 Å². The van der Waals surface area contributed by atoms with Gasteiger partial charge in [0.1, 0.15) is 0 Å². The minimum atomic E-state index is 0.221. The lowest BCUT2D eigenvalue weighted by molar-refractivity contribution is 0.0143. The highest BCUT2D eigenvalue weighted by atomic mass is 16.5. The Balaban J connectivity index is 1.67. The molecule has 1 aliphatic heterocycles. The van der Waals surface area contributed by atoms with Crippen molar-refractivity contribution in [1.29, 1.82) is 0 Å². The lowest BCUT2D eigenvalue weighted by Gasteiger charge is -2.08. The molecule has 3 nitrogen and oxygen atoms in total. The van der Waals surface area contributed by atoms with Gasteiger partial charge in [-0.3, -0.25) is 5.32 Å². The third-order valence-electron chi connectivity index (χ3n) is 2.21. The summed E-state index contributed by atoms with van der Waals surface area (Å²) in [5.74, 6) is 0. The molecule has 1 heterocycles. The first-order valence-electron chi connectivity index (χ1n) is 4.89. The quantitative estimate of drug-likeness (QED) is 0.778. The fourth-order valence-electron chi connectivity index (χ4n) is 1.45. The van der Waals surface area contributed by atoms with Gasteiger partial charge >= 0.3 is 0 Å². The number of hydrogen-bond donors (Lipinski definition) is 1. The topological polar surface area (TPSA) is 30.5 Å². The van der Waals surface area contributed by atoms with Crippen molar-refractivity contribution in [2.45, 2.75) is 12.7 Å². The maximum atomic E-state index is 5.54. The van der Waals surface area contributed by atoms with Crippen LogP contribution in [0.5, 0.6) is 0 Å². The third-order valence-corrected chi connectivity index (χ3v) is 2.21. The van der Waals surface area contributed by atoms with E-state index in [4.69, 9.17) is 9.47 Å². The van der Waals surface area contributed by atoms with Crippen LogP contribution in [0.15, 0.2) is 30.3 Å². The Bertz CT molecular complexity index is 257. The van der Waals surface area contributed by atoms with E-state index < -0.39 is 0 Å². The van der Waals surface area contributed by atoms with Crippen LogP contribution in [-0.4, -0.2) is 26.0 Å². The molecule has 0 aromatic heterocycles. The van der Waals surface area contributed by atoms with Crippen molar-refractivity contribution >= 4 is 0 Å². The van der Waals surface area contributed by atoms with E-state index in [1.165, 1.54) is 5.56 Å². The van der Waals surface area contributed by atoms with Crippen LogP contribution in [0.2, 0.25) is 0 Å². The number of benzene rings is 1. The summed E-state index contributed by atoms with van der Waals surface area (Å²) in [4.78, 5) is 0. The third kappa shape index (κ3) is 2.80. The minimum absolute atomic E-state index is 0.221. The molecule has 76 valence electrons. The van der Waals surface area contributed by atoms with Crippen molar-refractivity contribution in [3.05, 3.63) is 35.9 Å². The number of hydrogen-bond acceptors (Lipinski definition) is 3. The van der Waals surface area contributed by atoms with Gasteiger partial charge in [0.2, 0.25) is 0 Å². The molecule has 1 aromatic rings. The highest BCUT2D eigenvalue weighted by molar-refractivity contribution is 5.13. The molecule has 0 aliphatic carbocycles. The Hall–Kier alpha value is -0.900. The summed E-state index contributed by atoms with van der Waals surface area (Å²) in [6.45, 7) is 2.89. The standard InChI is InChI=1S/C11H15NO2/c1-2-4-10(5-3-1)7-13-8-11-6-12-9-14-11/h1-5,11-12H,6-9H2. The van der Waals surface area contributed by atoms with E-state index in [0.29, 0.717) is 19.9 Å². The Morgan fingerprint density at radius 3 is 2.93 bits per heavy atom. The molecule has 3 heteroatoms. The molecule has 2 rings (SSSR count). The number of ether oxygens (including phenoxy) is 2. The molecular weight excluding hydrogens is 178 g/mol. The van der Waals surface area contributed by atoms with Gasteiger partial charge in [0.05, 0.1) is 26.0 Å². The van der Waals surface area contributed by atoms with Crippen molar-refractivity contribution in [2.75, 3.05) is 19.9 Å². The van der Waals surface area contributed by atoms with Crippen LogP contribution < -0.4 is 5.32 Å². The van der Waals surface area contributed by atoms with Crippen molar-refractivity contribution in [1.82, 2.24) is 5.32 Å². The first kappa shape index (κ1) is 9.65. The molecule has 0 saturated carbocycles. The maximum Gasteiger partial charge on any atom is 0.0971 e. The summed E-state index contributed by atoms with van der Waals surface area (Å²) in [7, 11) is 0. The summed E-state index contributed by atoms with van der Waals surface area (Å²) in [6, 6.07) is 10.2. The molecule has 1 fully saturated rings. The molecule has 1 saturated heterocycles. The van der Waals surface area contributed by atoms with Crippen molar-refractivity contribution in [3.8, 4) is 0 Å². The number of rotatable bonds is 4. The highest BCUT2D eigenvalue weighted by Gasteiger charge is 2.14. The van der Waals surface area contributed by atoms with Gasteiger partial charge in [-0.1, -0.05) is 30.3 Å². The van der Waals surface area contributed by atoms with Crippen LogP contribution in [-0.2, 0) is 16.1 Å². The lowest BCUT2D eigenvalue weighted by atomic mass is 10.2. The second-order valence-corrected chi connectivity index (χ2v) is 3.39. The Labute approximate surface area is 84.0 Å². The molecule has 1 N–H and O–H groups in total. The first-order valence-corrected chi connectivity index (χ1v) is 4.89. The molecule has 0 amide bonds. The molecule has 1 aromatic carbocycles. The van der Waals surface area contributed by atoms with E-state index >= 15 is 0 Å². The zero-order valence-electron chi connectivity index (χ0n) is 8.11. The molecular formula is C11H15NO2. The van der Waals surface area contributed by atoms with E-state index in [0.717, 1.165) is 6.54 Å². The molecule has 1 aliphatic rings. The van der Waals surface area contributed by atoms with Crippen molar-refractivity contribution in [3.63, 3.8) is 0 Å². The SMILES string of the molecule is c1ccc(COCC2CNCO2)cc1. The average molecular weight is 193 g/mol. The van der Waals surface area contributed by atoms with Crippen LogP contribution in [0.25, 0.3) is 0 Å². The predicted molar refractivity (Wildman–Crippen MR) is 53.8 cm³/mol. The lowest BCUT2D eigenvalue weighted by Crippen LogP contribution is -2.19. The largest absolute Gasteiger partial charge is 0.374 e. The van der Waals surface area contributed by atoms with Gasteiger partial charge < -0.3 is 9.47 Å². The van der Waals surface area contributed by atoms with Crippen LogP contribution in [0, 0.1) is 0 Å². The Morgan fingerprint density at radius 1 is 1.36 bits per heavy atom. The average Bonchev–Trinajstić information content (AvgIpc) is 2.72. The zero-order valence-corrected chi connectivity index (χ0v) is 8.11. The second-order valence-electron chi connectivity index (χ2n) is 3.39. The summed E-state index contributed by atoms with van der Waals surface area (Å²) in [5, 5.41) is 3.12. The summed E-state index contributed by atoms with van der Waals surface area (Å²) >= 11 is 0. The van der Waals surface area contributed by atoms with E-state index in [9.17, 15) is 0 Å². The smallest absolute Gasteiger partial charge is 0.0971 e. The normalized spacial score (nSPS) is 21.3. The fourth-order valence-corrected chi connectivity index (χ4v) is 1.45. The van der Waals surface area contributed by atoms with Crippen LogP contribution in [0.4, 0.5) is 0 Å². The summed E-state index contributed by atoms with van der Waals surface area (Å²) in [5.41, 5.74) is 1.21. The van der Waals surface area contributed by atoms with Gasteiger partial charge in [0.15, 0.2) is 0 Å². The van der Waals surface area contributed by atoms with Gasteiger partial charge in [-0.05, 0) is 5.56 Å². The van der Waals surface area contributed by atoms with Crippen LogP contribution >= 0.6 is 0 Å². The zero-order chi connectivity index (χ0) is 9.64. The second kappa shape index (κ2) is 5.10. The van der Waals surface area contributed by atoms with Gasteiger partial charge in [0, 0.05) is 6.54 Å². The van der Waals surface area contributed by atoms with E-state index in [-0.39, 0.29) is 6.10 Å². The maximum absolute atomic E-state index is 5.54. The minimum Gasteiger partial charge on any atom is -0.374 e. The van der Waals surface area contributed by atoms with E-state index in [1.807, 2.05) is 18.2 Å². The van der Waals surface area contributed by atoms with Crippen LogP contribution in [0.1, 0.15) is 5.56 Å². The van der Waals surface area contributed by atoms with Crippen LogP contribution in [0.3, 0.4) is 0 Å². The van der Waals surface area contributed by atoms with E-state index in [2.05, 4.69) is 17.4 Å². The van der Waals surface area contributed by atoms with Crippen molar-refractivity contribution in [2.24, 2.45) is 0 Å². The monoisotopic (exact) mass is 193 g/mol. The molecule has 0 bridgehead atoms. The Morgan fingerprint density at radius 2 is 2.21 bits per heavy atom. The molecule has 1 unspecified atom stereocenters. The molecule has 14 heavy (non-hydrogen) atoms. The first-order chi connectivity index (χ1) is 6.95. The molecule has 1 atom stereocenters. The number of nitrogens with one attached hydrogen (secondary N) is 1. The van der Waals surface area contributed by atoms with Gasteiger partial charge in [-0.15, -0.1) is 0 Å². The molecule has 0 radical (unpaired) electrons. The summed E-state index contributed by atoms with van der Waals surface area (Å²) < 4.78 is 10.9. The fraction of sp³-hybridized carbons (Fsp3) is 0.455. The predicted octanol–water partition coefficient (Wildman–Crippen LogP) is 1.15. The van der Waals surface area contributed by atoms with Gasteiger partial charge in [0.25, 0.3) is 0 Å². The highest BCUT2D eigenvalue weighted by Crippen LogP contribution is 2.03. The summed E-state index contributed by atoms with van der Waals surface area (Å²) in [6.07, 6.45) is 0.221. The van der Waals surface area contributed by atoms with Gasteiger partial charge in [-0.25, -0.2) is 0 Å². The Kier molecular flexibility index (Phi) is 3.51. The van der Waals surface area contributed by atoms with Gasteiger partial charge in [-0.2, -0.15) is 0 Å².